The number of rotatable bonds is 5. The quantitative estimate of drug-likeness (QED) is 0.564. The van der Waals surface area contributed by atoms with Crippen molar-refractivity contribution in [3.8, 4) is 0 Å². The maximum absolute atomic E-state index is 11.0. The minimum Gasteiger partial charge on any atom is -0.392 e. The lowest BCUT2D eigenvalue weighted by Crippen LogP contribution is -2.62. The van der Waals surface area contributed by atoms with Crippen LogP contribution in [0.3, 0.4) is 0 Å². The van der Waals surface area contributed by atoms with E-state index in [1.165, 1.54) is 0 Å². The zero-order valence-electron chi connectivity index (χ0n) is 15.3. The molecule has 2 aliphatic carbocycles. The topological polar surface area (TPSA) is 90.2 Å². The summed E-state index contributed by atoms with van der Waals surface area (Å²) >= 11 is 0. The van der Waals surface area contributed by atoms with Gasteiger partial charge in [0.15, 0.2) is 0 Å². The molecule has 6 atom stereocenters. The van der Waals surface area contributed by atoms with Gasteiger partial charge in [-0.3, -0.25) is 0 Å². The first-order valence-corrected chi connectivity index (χ1v) is 9.48. The molecule has 0 aromatic rings. The van der Waals surface area contributed by atoms with E-state index in [4.69, 9.17) is 9.84 Å². The third-order valence-electron chi connectivity index (χ3n) is 7.18. The molecule has 5 heteroatoms. The summed E-state index contributed by atoms with van der Waals surface area (Å²) in [4.78, 5) is 0. The highest BCUT2D eigenvalue weighted by Crippen LogP contribution is 2.63. The van der Waals surface area contributed by atoms with Crippen molar-refractivity contribution in [3.63, 3.8) is 0 Å². The maximum atomic E-state index is 11.0. The molecule has 25 heavy (non-hydrogen) atoms. The van der Waals surface area contributed by atoms with Crippen molar-refractivity contribution in [2.75, 3.05) is 19.8 Å². The highest BCUT2D eigenvalue weighted by atomic mass is 16.5. The summed E-state index contributed by atoms with van der Waals surface area (Å²) < 4.78 is 6.27. The Morgan fingerprint density at radius 3 is 2.80 bits per heavy atom. The van der Waals surface area contributed by atoms with E-state index in [2.05, 4.69) is 13.0 Å². The summed E-state index contributed by atoms with van der Waals surface area (Å²) in [5.41, 5.74) is 0.728. The highest BCUT2D eigenvalue weighted by Gasteiger charge is 2.68. The van der Waals surface area contributed by atoms with Crippen LogP contribution in [0.25, 0.3) is 0 Å². The van der Waals surface area contributed by atoms with Gasteiger partial charge in [0, 0.05) is 11.3 Å². The zero-order chi connectivity index (χ0) is 18.2. The van der Waals surface area contributed by atoms with E-state index < -0.39 is 17.8 Å². The molecular formula is C20H32O5. The van der Waals surface area contributed by atoms with E-state index in [0.717, 1.165) is 30.4 Å². The van der Waals surface area contributed by atoms with Gasteiger partial charge in [-0.2, -0.15) is 0 Å². The average Bonchev–Trinajstić information content (AvgIpc) is 2.80. The van der Waals surface area contributed by atoms with Gasteiger partial charge < -0.3 is 25.2 Å². The molecule has 1 saturated heterocycles. The van der Waals surface area contributed by atoms with E-state index >= 15 is 0 Å². The third kappa shape index (κ3) is 2.81. The number of hydrogen-bond donors (Lipinski definition) is 4. The van der Waals surface area contributed by atoms with Gasteiger partial charge in [0.2, 0.25) is 0 Å². The predicted molar refractivity (Wildman–Crippen MR) is 94.9 cm³/mol. The minimum absolute atomic E-state index is 0.0480. The number of aliphatic hydroxyl groups is 4. The summed E-state index contributed by atoms with van der Waals surface area (Å²) in [5, 5.41) is 40.5. The Kier molecular flexibility index (Phi) is 5.43. The van der Waals surface area contributed by atoms with Crippen molar-refractivity contribution in [1.29, 1.82) is 0 Å². The van der Waals surface area contributed by atoms with Crippen LogP contribution in [0.1, 0.15) is 46.0 Å². The molecule has 4 N–H and O–H groups in total. The van der Waals surface area contributed by atoms with Gasteiger partial charge >= 0.3 is 0 Å². The number of hydrogen-bond acceptors (Lipinski definition) is 5. The van der Waals surface area contributed by atoms with Crippen molar-refractivity contribution < 1.29 is 25.2 Å². The van der Waals surface area contributed by atoms with E-state index in [0.29, 0.717) is 19.4 Å². The highest BCUT2D eigenvalue weighted by molar-refractivity contribution is 5.26. The third-order valence-corrected chi connectivity index (χ3v) is 7.18. The standard InChI is InChI=1S/C20H32O5/c1-13-4-3-5-16-19(8-6-15(11-22)7-9-21)12-25-20(16,18(13)24)17(23)10-14(19)2/h4,7,14,16-18,21-24H,3,5-6,8-12H2,1-2H3. The van der Waals surface area contributed by atoms with Crippen LogP contribution < -0.4 is 0 Å². The van der Waals surface area contributed by atoms with Gasteiger partial charge in [0.05, 0.1) is 25.9 Å². The van der Waals surface area contributed by atoms with Crippen LogP contribution in [-0.4, -0.2) is 58.1 Å². The summed E-state index contributed by atoms with van der Waals surface area (Å²) in [6, 6.07) is 0. The van der Waals surface area contributed by atoms with Crippen LogP contribution in [0.15, 0.2) is 23.3 Å². The molecular weight excluding hydrogens is 320 g/mol. The molecule has 142 valence electrons. The molecule has 0 aromatic heterocycles. The SMILES string of the molecule is CC1=CCCC2C3(CCC(=CCO)CO)COC2(C(O)CC3C)C1O. The van der Waals surface area contributed by atoms with E-state index in [9.17, 15) is 15.3 Å². The molecule has 1 saturated carbocycles. The van der Waals surface area contributed by atoms with Crippen molar-refractivity contribution in [2.24, 2.45) is 17.3 Å². The van der Waals surface area contributed by atoms with Crippen LogP contribution in [-0.2, 0) is 4.74 Å². The number of aliphatic hydroxyl groups excluding tert-OH is 4. The van der Waals surface area contributed by atoms with Crippen molar-refractivity contribution in [1.82, 2.24) is 0 Å². The molecule has 0 radical (unpaired) electrons. The summed E-state index contributed by atoms with van der Waals surface area (Å²) in [5.74, 6) is 0.374. The second-order valence-corrected chi connectivity index (χ2v) is 8.21. The molecule has 6 unspecified atom stereocenters. The fourth-order valence-electron chi connectivity index (χ4n) is 5.65. The molecule has 0 aromatic carbocycles. The molecule has 5 nitrogen and oxygen atoms in total. The van der Waals surface area contributed by atoms with E-state index in [1.807, 2.05) is 6.92 Å². The number of allylic oxidation sites excluding steroid dienone is 1. The fraction of sp³-hybridized carbons (Fsp3) is 0.800. The van der Waals surface area contributed by atoms with Gasteiger partial charge in [-0.15, -0.1) is 0 Å². The lowest BCUT2D eigenvalue weighted by atomic mass is 9.53. The molecule has 3 rings (SSSR count). The average molecular weight is 352 g/mol. The first-order valence-electron chi connectivity index (χ1n) is 9.48. The summed E-state index contributed by atoms with van der Waals surface area (Å²) in [6.07, 6.45) is 6.27. The molecule has 0 spiro atoms. The van der Waals surface area contributed by atoms with Gasteiger partial charge in [-0.05, 0) is 56.1 Å². The van der Waals surface area contributed by atoms with Gasteiger partial charge in [0.25, 0.3) is 0 Å². The molecule has 3 aliphatic rings. The Bertz CT molecular complexity index is 556. The Morgan fingerprint density at radius 2 is 2.12 bits per heavy atom. The summed E-state index contributed by atoms with van der Waals surface area (Å²) in [6.45, 7) is 4.52. The predicted octanol–water partition coefficient (Wildman–Crippen LogP) is 1.55. The van der Waals surface area contributed by atoms with E-state index in [-0.39, 0.29) is 30.5 Å². The monoisotopic (exact) mass is 352 g/mol. The van der Waals surface area contributed by atoms with Crippen LogP contribution in [0.2, 0.25) is 0 Å². The van der Waals surface area contributed by atoms with Crippen LogP contribution in [0, 0.1) is 17.3 Å². The Hall–Kier alpha value is -0.720. The first-order chi connectivity index (χ1) is 11.9. The Labute approximate surface area is 150 Å². The molecule has 1 aliphatic heterocycles. The van der Waals surface area contributed by atoms with Gasteiger partial charge in [-0.25, -0.2) is 0 Å². The van der Waals surface area contributed by atoms with Crippen molar-refractivity contribution >= 4 is 0 Å². The smallest absolute Gasteiger partial charge is 0.127 e. The van der Waals surface area contributed by atoms with Crippen LogP contribution in [0.4, 0.5) is 0 Å². The van der Waals surface area contributed by atoms with Crippen molar-refractivity contribution in [3.05, 3.63) is 23.3 Å². The second-order valence-electron chi connectivity index (χ2n) is 8.21. The lowest BCUT2D eigenvalue weighted by molar-refractivity contribution is -0.180. The zero-order valence-corrected chi connectivity index (χ0v) is 15.3. The normalized spacial score (nSPS) is 44.2. The Morgan fingerprint density at radius 1 is 1.36 bits per heavy atom. The maximum Gasteiger partial charge on any atom is 0.127 e. The Balaban J connectivity index is 1.93. The van der Waals surface area contributed by atoms with Crippen LogP contribution in [0.5, 0.6) is 0 Å². The molecule has 1 heterocycles. The van der Waals surface area contributed by atoms with Gasteiger partial charge in [-0.1, -0.05) is 19.1 Å². The second kappa shape index (κ2) is 7.12. The van der Waals surface area contributed by atoms with Crippen molar-refractivity contribution in [2.45, 2.75) is 63.8 Å². The number of ether oxygens (including phenoxy) is 1. The lowest BCUT2D eigenvalue weighted by Gasteiger charge is -2.52. The van der Waals surface area contributed by atoms with E-state index in [1.54, 1.807) is 6.08 Å². The van der Waals surface area contributed by atoms with Gasteiger partial charge in [0.1, 0.15) is 11.7 Å². The fourth-order valence-corrected chi connectivity index (χ4v) is 5.65. The molecule has 2 fully saturated rings. The van der Waals surface area contributed by atoms with Crippen LogP contribution >= 0.6 is 0 Å². The molecule has 0 amide bonds. The summed E-state index contributed by atoms with van der Waals surface area (Å²) in [7, 11) is 0. The molecule has 2 bridgehead atoms. The minimum atomic E-state index is -0.899. The first kappa shape index (κ1) is 19.1. The largest absolute Gasteiger partial charge is 0.392 e.